The summed E-state index contributed by atoms with van der Waals surface area (Å²) in [6.45, 7) is 8.99. The standard InChI is InChI=1S/C34H44N6O4/c1-34(22-44-23-34)21-40(33(42)43)20-25-9-7-24(8-10-25)18-36-32(41)28-17-30(37-29-6-4-3-5-27(28)29)26-11-12-31(35-19-26)39-15-13-38(2)14-16-39/h3-6,11-12,17,19,24-25H,7-10,13-16,18,20-23H2,1-2H3,(H,36,41)(H,42,43)/t24-,25-. The van der Waals surface area contributed by atoms with Crippen molar-refractivity contribution in [1.82, 2.24) is 25.1 Å². The molecular weight excluding hydrogens is 556 g/mol. The van der Waals surface area contributed by atoms with Crippen molar-refractivity contribution in [3.63, 3.8) is 0 Å². The van der Waals surface area contributed by atoms with Crippen LogP contribution in [0.2, 0.25) is 0 Å². The molecule has 2 saturated heterocycles. The summed E-state index contributed by atoms with van der Waals surface area (Å²) in [5.41, 5.74) is 2.95. The largest absolute Gasteiger partial charge is 0.465 e. The maximum Gasteiger partial charge on any atom is 0.407 e. The van der Waals surface area contributed by atoms with Crippen LogP contribution in [0.5, 0.6) is 0 Å². The van der Waals surface area contributed by atoms with Gasteiger partial charge < -0.3 is 29.9 Å². The molecule has 2 aliphatic heterocycles. The van der Waals surface area contributed by atoms with Crippen molar-refractivity contribution in [2.24, 2.45) is 17.3 Å². The van der Waals surface area contributed by atoms with E-state index in [4.69, 9.17) is 14.7 Å². The lowest BCUT2D eigenvalue weighted by Gasteiger charge is -2.42. The van der Waals surface area contributed by atoms with Gasteiger partial charge in [0.15, 0.2) is 0 Å². The summed E-state index contributed by atoms with van der Waals surface area (Å²) < 4.78 is 5.32. The number of anilines is 1. The first kappa shape index (κ1) is 30.3. The van der Waals surface area contributed by atoms with Crippen molar-refractivity contribution < 1.29 is 19.4 Å². The number of carboxylic acid groups (broad SMARTS) is 1. The molecule has 2 aromatic heterocycles. The highest BCUT2D eigenvalue weighted by Gasteiger charge is 2.37. The third kappa shape index (κ3) is 6.97. The van der Waals surface area contributed by atoms with Crippen molar-refractivity contribution in [3.8, 4) is 11.3 Å². The van der Waals surface area contributed by atoms with E-state index in [0.29, 0.717) is 50.2 Å². The summed E-state index contributed by atoms with van der Waals surface area (Å²) in [6, 6.07) is 13.8. The Hall–Kier alpha value is -3.76. The van der Waals surface area contributed by atoms with E-state index in [0.717, 1.165) is 79.8 Å². The molecule has 0 unspecified atom stereocenters. The number of hydrogen-bond acceptors (Lipinski definition) is 7. The average Bonchev–Trinajstić information content (AvgIpc) is 3.03. The molecule has 2 amide bonds. The summed E-state index contributed by atoms with van der Waals surface area (Å²) in [5, 5.41) is 13.8. The molecule has 234 valence electrons. The van der Waals surface area contributed by atoms with E-state index >= 15 is 0 Å². The van der Waals surface area contributed by atoms with E-state index < -0.39 is 6.09 Å². The topological polar surface area (TPSA) is 111 Å². The Balaban J connectivity index is 1.07. The molecule has 3 aliphatic rings. The second kappa shape index (κ2) is 13.1. The van der Waals surface area contributed by atoms with Gasteiger partial charge in [0.1, 0.15) is 5.82 Å². The molecule has 0 bridgehead atoms. The van der Waals surface area contributed by atoms with E-state index in [9.17, 15) is 14.7 Å². The molecule has 0 radical (unpaired) electrons. The number of ether oxygens (including phenoxy) is 1. The minimum atomic E-state index is -0.849. The highest BCUT2D eigenvalue weighted by molar-refractivity contribution is 6.07. The SMILES string of the molecule is CN1CCN(c2ccc(-c3cc(C(=O)NC[C@H]4CC[C@H](CN(CC5(C)COC5)C(=O)O)CC4)c4ccccc4n3)cn2)CC1. The van der Waals surface area contributed by atoms with Gasteiger partial charge in [0.25, 0.3) is 5.91 Å². The number of rotatable bonds is 9. The number of likely N-dealkylation sites (N-methyl/N-ethyl adjacent to an activating group) is 1. The van der Waals surface area contributed by atoms with Gasteiger partial charge in [-0.2, -0.15) is 0 Å². The van der Waals surface area contributed by atoms with Crippen LogP contribution in [0.3, 0.4) is 0 Å². The van der Waals surface area contributed by atoms with Gasteiger partial charge in [-0.15, -0.1) is 0 Å². The molecule has 1 aliphatic carbocycles. The predicted molar refractivity (Wildman–Crippen MR) is 171 cm³/mol. The summed E-state index contributed by atoms with van der Waals surface area (Å²) in [5.74, 6) is 1.60. The van der Waals surface area contributed by atoms with E-state index in [1.807, 2.05) is 48.7 Å². The number of fused-ring (bicyclic) bond motifs is 1. The van der Waals surface area contributed by atoms with E-state index in [1.165, 1.54) is 0 Å². The zero-order valence-corrected chi connectivity index (χ0v) is 25.9. The van der Waals surface area contributed by atoms with Crippen LogP contribution in [-0.2, 0) is 4.74 Å². The third-order valence-corrected chi connectivity index (χ3v) is 9.57. The lowest BCUT2D eigenvalue weighted by molar-refractivity contribution is -0.113. The van der Waals surface area contributed by atoms with Gasteiger partial charge in [-0.1, -0.05) is 25.1 Å². The molecule has 3 aromatic rings. The molecule has 44 heavy (non-hydrogen) atoms. The molecule has 0 atom stereocenters. The van der Waals surface area contributed by atoms with Crippen molar-refractivity contribution in [1.29, 1.82) is 0 Å². The van der Waals surface area contributed by atoms with Crippen molar-refractivity contribution in [2.45, 2.75) is 32.6 Å². The number of nitrogens with one attached hydrogen (secondary N) is 1. The van der Waals surface area contributed by atoms with Crippen LogP contribution in [0.15, 0.2) is 48.7 Å². The van der Waals surface area contributed by atoms with E-state index in [-0.39, 0.29) is 11.3 Å². The minimum Gasteiger partial charge on any atom is -0.465 e. The van der Waals surface area contributed by atoms with Crippen molar-refractivity contribution in [2.75, 3.05) is 71.0 Å². The predicted octanol–water partition coefficient (Wildman–Crippen LogP) is 4.60. The first-order valence-corrected chi connectivity index (χ1v) is 15.9. The number of pyridine rings is 2. The lowest BCUT2D eigenvalue weighted by Crippen LogP contribution is -2.51. The van der Waals surface area contributed by atoms with Gasteiger partial charge in [0.2, 0.25) is 0 Å². The molecule has 1 saturated carbocycles. The quantitative estimate of drug-likeness (QED) is 0.367. The highest BCUT2D eigenvalue weighted by atomic mass is 16.5. The fraction of sp³-hybridized carbons (Fsp3) is 0.529. The summed E-state index contributed by atoms with van der Waals surface area (Å²) in [4.78, 5) is 41.3. The Morgan fingerprint density at radius 3 is 2.43 bits per heavy atom. The zero-order valence-electron chi connectivity index (χ0n) is 25.9. The molecule has 2 N–H and O–H groups in total. The molecule has 0 spiro atoms. The maximum absolute atomic E-state index is 13.6. The van der Waals surface area contributed by atoms with E-state index in [2.05, 4.69) is 29.1 Å². The lowest BCUT2D eigenvalue weighted by atomic mass is 9.81. The molecule has 10 nitrogen and oxygen atoms in total. The third-order valence-electron chi connectivity index (χ3n) is 9.57. The van der Waals surface area contributed by atoms with Crippen LogP contribution in [0, 0.1) is 17.3 Å². The highest BCUT2D eigenvalue weighted by Crippen LogP contribution is 2.32. The number of carbonyl (C=O) groups excluding carboxylic acids is 1. The number of piperazine rings is 1. The van der Waals surface area contributed by atoms with Crippen molar-refractivity contribution >= 4 is 28.7 Å². The summed E-state index contributed by atoms with van der Waals surface area (Å²) in [6.07, 6.45) is 4.90. The average molecular weight is 601 g/mol. The second-order valence-electron chi connectivity index (χ2n) is 13.3. The van der Waals surface area contributed by atoms with Crippen molar-refractivity contribution in [3.05, 3.63) is 54.2 Å². The minimum absolute atomic E-state index is 0.0680. The molecule has 10 heteroatoms. The Bertz CT molecular complexity index is 1460. The van der Waals surface area contributed by atoms with Gasteiger partial charge in [0.05, 0.1) is 30.0 Å². The number of para-hydroxylation sites is 1. The number of carbonyl (C=O) groups is 2. The molecule has 6 rings (SSSR count). The van der Waals surface area contributed by atoms with Crippen LogP contribution >= 0.6 is 0 Å². The van der Waals surface area contributed by atoms with Crippen LogP contribution in [0.1, 0.15) is 43.0 Å². The van der Waals surface area contributed by atoms with E-state index in [1.54, 1.807) is 4.90 Å². The van der Waals surface area contributed by atoms with Crippen LogP contribution in [0.4, 0.5) is 10.6 Å². The molecule has 4 heterocycles. The molecule has 1 aromatic carbocycles. The number of hydrogen-bond donors (Lipinski definition) is 2. The number of aromatic nitrogens is 2. The molecule has 3 fully saturated rings. The second-order valence-corrected chi connectivity index (χ2v) is 13.3. The fourth-order valence-corrected chi connectivity index (χ4v) is 6.75. The summed E-state index contributed by atoms with van der Waals surface area (Å²) >= 11 is 0. The number of benzene rings is 1. The van der Waals surface area contributed by atoms with Crippen LogP contribution in [-0.4, -0.2) is 103 Å². The Labute approximate surface area is 259 Å². The number of amides is 2. The Kier molecular flexibility index (Phi) is 9.00. The molecular formula is C34H44N6O4. The normalized spacial score (nSPS) is 21.9. The first-order chi connectivity index (χ1) is 21.3. The van der Waals surface area contributed by atoms with Crippen LogP contribution in [0.25, 0.3) is 22.2 Å². The summed E-state index contributed by atoms with van der Waals surface area (Å²) in [7, 11) is 2.14. The van der Waals surface area contributed by atoms with Crippen LogP contribution < -0.4 is 10.2 Å². The Morgan fingerprint density at radius 1 is 1.05 bits per heavy atom. The van der Waals surface area contributed by atoms with Gasteiger partial charge in [-0.05, 0) is 68.8 Å². The van der Waals surface area contributed by atoms with Gasteiger partial charge in [0, 0.05) is 68.4 Å². The number of nitrogens with zero attached hydrogens (tertiary/aromatic N) is 5. The Morgan fingerprint density at radius 2 is 1.77 bits per heavy atom. The van der Waals surface area contributed by atoms with Gasteiger partial charge >= 0.3 is 6.09 Å². The smallest absolute Gasteiger partial charge is 0.407 e. The maximum atomic E-state index is 13.6. The zero-order chi connectivity index (χ0) is 30.7. The van der Waals surface area contributed by atoms with Gasteiger partial charge in [-0.3, -0.25) is 4.79 Å². The first-order valence-electron chi connectivity index (χ1n) is 15.9. The monoisotopic (exact) mass is 600 g/mol. The van der Waals surface area contributed by atoms with Gasteiger partial charge in [-0.25, -0.2) is 14.8 Å². The fourth-order valence-electron chi connectivity index (χ4n) is 6.75.